The molecule has 8 N–H and O–H groups in total. The molecule has 17 heteroatoms. The van der Waals surface area contributed by atoms with Crippen LogP contribution in [0.15, 0.2) is 11.1 Å². The summed E-state index contributed by atoms with van der Waals surface area (Å²) in [6.45, 7) is 3.47. The summed E-state index contributed by atoms with van der Waals surface area (Å²) in [6, 6.07) is 0. The molecule has 2 aromatic heterocycles. The molecule has 0 spiro atoms. The highest BCUT2D eigenvalue weighted by atomic mass is 32.2. The van der Waals surface area contributed by atoms with Crippen LogP contribution >= 0.6 is 19.5 Å². The van der Waals surface area contributed by atoms with Crippen LogP contribution in [0.3, 0.4) is 0 Å². The number of carbonyl (C=O) groups excluding carboxylic acids is 1. The van der Waals surface area contributed by atoms with Gasteiger partial charge in [-0.15, -0.1) is 0 Å². The average Bonchev–Trinajstić information content (AvgIpc) is 3.28. The lowest BCUT2D eigenvalue weighted by Crippen LogP contribution is -2.44. The summed E-state index contributed by atoms with van der Waals surface area (Å²) in [5, 5.41) is 30.4. The van der Waals surface area contributed by atoms with Gasteiger partial charge < -0.3 is 25.8 Å². The predicted octanol–water partition coefficient (Wildman–Crippen LogP) is -0.911. The van der Waals surface area contributed by atoms with E-state index in [4.69, 9.17) is 25.0 Å². The summed E-state index contributed by atoms with van der Waals surface area (Å²) < 4.78 is 29.6. The van der Waals surface area contributed by atoms with E-state index in [2.05, 4.69) is 15.0 Å². The Kier molecular flexibility index (Phi) is 8.10. The normalized spacial score (nSPS) is 26.8. The van der Waals surface area contributed by atoms with Crippen LogP contribution in [-0.4, -0.2) is 83.3 Å². The highest BCUT2D eigenvalue weighted by Gasteiger charge is 2.54. The summed E-state index contributed by atoms with van der Waals surface area (Å²) in [5.74, 6) is -0.0573. The second-order valence-corrected chi connectivity index (χ2v) is 11.5. The minimum Gasteiger partial charge on any atom is -0.395 e. The number of aliphatic hydroxyl groups is 3. The second kappa shape index (κ2) is 10.2. The lowest BCUT2D eigenvalue weighted by molar-refractivity contribution is -0.119. The summed E-state index contributed by atoms with van der Waals surface area (Å²) in [4.78, 5) is 34.3. The standard InChI is InChI=1S/C18H29N6O9PS/c1-17(2,7-25)15(28)35-5-4-31-34(20,30)32-6-9-11(26)18(3,29)14(33-9)24-8-21-10-12(24)22-16(19)23-13(10)27/h8-9,11,14,25-26,29H,4-7H2,1-3H3,(H2,20,30)(H3,19,22,23,27)/t9-,11+,14-,18?,34?/m1/s1. The Morgan fingerprint density at radius 1 is 1.46 bits per heavy atom. The van der Waals surface area contributed by atoms with Gasteiger partial charge in [0.15, 0.2) is 22.5 Å². The predicted molar refractivity (Wildman–Crippen MR) is 125 cm³/mol. The monoisotopic (exact) mass is 536 g/mol. The Labute approximate surface area is 203 Å². The number of aliphatic hydroxyl groups excluding tert-OH is 2. The fourth-order valence-corrected chi connectivity index (χ4v) is 4.97. The largest absolute Gasteiger partial charge is 0.402 e. The molecule has 1 aliphatic rings. The molecule has 1 saturated heterocycles. The van der Waals surface area contributed by atoms with Gasteiger partial charge in [-0.25, -0.2) is 15.1 Å². The molecule has 0 bridgehead atoms. The SMILES string of the molecule is CC(C)(CO)C(=O)SCCOP(N)(=O)OC[C@H]1O[C@@H](n2cnc3c(=O)[nH]c(N)nc32)C(C)(O)[C@H]1O. The van der Waals surface area contributed by atoms with Gasteiger partial charge in [-0.3, -0.25) is 28.2 Å². The number of nitrogens with two attached hydrogens (primary N) is 2. The van der Waals surface area contributed by atoms with E-state index in [9.17, 15) is 29.5 Å². The van der Waals surface area contributed by atoms with E-state index in [0.29, 0.717) is 0 Å². The number of aromatic nitrogens is 4. The van der Waals surface area contributed by atoms with Crippen molar-refractivity contribution in [3.63, 3.8) is 0 Å². The van der Waals surface area contributed by atoms with Crippen molar-refractivity contribution in [2.75, 3.05) is 31.3 Å². The maximum absolute atomic E-state index is 12.4. The molecule has 2 unspecified atom stereocenters. The van der Waals surface area contributed by atoms with Gasteiger partial charge in [-0.05, 0) is 20.8 Å². The number of imidazole rings is 1. The number of hydrogen-bond donors (Lipinski definition) is 6. The second-order valence-electron chi connectivity index (χ2n) is 8.82. The van der Waals surface area contributed by atoms with Crippen LogP contribution in [0.2, 0.25) is 0 Å². The zero-order valence-corrected chi connectivity index (χ0v) is 21.0. The van der Waals surface area contributed by atoms with E-state index >= 15 is 0 Å². The van der Waals surface area contributed by atoms with Crippen molar-refractivity contribution >= 4 is 41.7 Å². The first-order valence-corrected chi connectivity index (χ1v) is 13.0. The van der Waals surface area contributed by atoms with Gasteiger partial charge >= 0.3 is 7.75 Å². The molecule has 0 aliphatic carbocycles. The number of carbonyl (C=O) groups is 1. The lowest BCUT2D eigenvalue weighted by atomic mass is 9.96. The highest BCUT2D eigenvalue weighted by molar-refractivity contribution is 8.13. The van der Waals surface area contributed by atoms with Crippen molar-refractivity contribution < 1.29 is 38.5 Å². The number of rotatable bonds is 10. The fourth-order valence-electron chi connectivity index (χ4n) is 3.27. The molecular weight excluding hydrogens is 507 g/mol. The smallest absolute Gasteiger partial charge is 0.395 e. The number of ether oxygens (including phenoxy) is 1. The minimum atomic E-state index is -4.09. The van der Waals surface area contributed by atoms with E-state index in [-0.39, 0.29) is 41.2 Å². The van der Waals surface area contributed by atoms with Gasteiger partial charge in [-0.2, -0.15) is 4.98 Å². The number of nitrogens with zero attached hydrogens (tertiary/aromatic N) is 3. The molecule has 0 radical (unpaired) electrons. The van der Waals surface area contributed by atoms with Crippen molar-refractivity contribution in [2.24, 2.45) is 10.9 Å². The van der Waals surface area contributed by atoms with Crippen LogP contribution in [0.25, 0.3) is 11.2 Å². The Bertz CT molecular complexity index is 1180. The molecule has 196 valence electrons. The van der Waals surface area contributed by atoms with E-state index in [1.807, 2.05) is 0 Å². The molecular formula is C18H29N6O9PS. The number of nitrogens with one attached hydrogen (secondary N) is 1. The summed E-state index contributed by atoms with van der Waals surface area (Å²) in [6.07, 6.45) is -2.75. The quantitative estimate of drug-likeness (QED) is 0.159. The molecule has 0 saturated carbocycles. The third-order valence-electron chi connectivity index (χ3n) is 5.41. The summed E-state index contributed by atoms with van der Waals surface area (Å²) in [5.41, 5.74) is 7.73. The molecule has 1 aliphatic heterocycles. The van der Waals surface area contributed by atoms with E-state index in [1.165, 1.54) is 17.8 Å². The number of thioether (sulfide) groups is 1. The lowest BCUT2D eigenvalue weighted by Gasteiger charge is -2.27. The minimum absolute atomic E-state index is 0.0227. The molecule has 3 heterocycles. The van der Waals surface area contributed by atoms with Crippen molar-refractivity contribution in [1.82, 2.24) is 19.5 Å². The molecule has 0 aromatic carbocycles. The number of fused-ring (bicyclic) bond motifs is 1. The first kappa shape index (κ1) is 27.7. The van der Waals surface area contributed by atoms with Crippen molar-refractivity contribution in [1.29, 1.82) is 0 Å². The van der Waals surface area contributed by atoms with Crippen molar-refractivity contribution in [3.05, 3.63) is 16.7 Å². The van der Waals surface area contributed by atoms with E-state index < -0.39 is 49.4 Å². The van der Waals surface area contributed by atoms with Gasteiger partial charge in [0.2, 0.25) is 5.95 Å². The van der Waals surface area contributed by atoms with Gasteiger partial charge in [-0.1, -0.05) is 11.8 Å². The van der Waals surface area contributed by atoms with Crippen LogP contribution in [0.5, 0.6) is 0 Å². The maximum atomic E-state index is 12.4. The molecule has 5 atom stereocenters. The average molecular weight is 537 g/mol. The maximum Gasteiger partial charge on any atom is 0.402 e. The first-order valence-electron chi connectivity index (χ1n) is 10.4. The van der Waals surface area contributed by atoms with Gasteiger partial charge in [0.05, 0.1) is 31.6 Å². The first-order chi connectivity index (χ1) is 16.2. The summed E-state index contributed by atoms with van der Waals surface area (Å²) >= 11 is 0.892. The van der Waals surface area contributed by atoms with Gasteiger partial charge in [0.25, 0.3) is 5.56 Å². The van der Waals surface area contributed by atoms with Crippen LogP contribution in [-0.2, 0) is 23.1 Å². The zero-order valence-electron chi connectivity index (χ0n) is 19.3. The Balaban J connectivity index is 1.61. The molecule has 35 heavy (non-hydrogen) atoms. The summed E-state index contributed by atoms with van der Waals surface area (Å²) in [7, 11) is -4.09. The molecule has 3 rings (SSSR count). The Hall–Kier alpha value is -1.88. The van der Waals surface area contributed by atoms with Crippen LogP contribution in [0, 0.1) is 5.41 Å². The van der Waals surface area contributed by atoms with Crippen LogP contribution in [0.1, 0.15) is 27.0 Å². The highest BCUT2D eigenvalue weighted by Crippen LogP contribution is 2.43. The zero-order chi connectivity index (χ0) is 26.2. The van der Waals surface area contributed by atoms with Gasteiger partial charge in [0, 0.05) is 5.75 Å². The van der Waals surface area contributed by atoms with E-state index in [1.54, 1.807) is 13.8 Å². The third kappa shape index (κ3) is 5.93. The topological polar surface area (TPSA) is 238 Å². The number of nitrogen functional groups attached to an aromatic ring is 1. The number of aromatic amines is 1. The van der Waals surface area contributed by atoms with Crippen molar-refractivity contribution in [3.8, 4) is 0 Å². The van der Waals surface area contributed by atoms with Crippen LogP contribution in [0.4, 0.5) is 5.95 Å². The Morgan fingerprint density at radius 3 is 2.80 bits per heavy atom. The number of H-pyrrole nitrogens is 1. The third-order valence-corrected chi connectivity index (χ3v) is 7.65. The molecule has 2 aromatic rings. The number of hydrogen-bond acceptors (Lipinski definition) is 13. The fraction of sp³-hybridized carbons (Fsp3) is 0.667. The van der Waals surface area contributed by atoms with E-state index in [0.717, 1.165) is 11.8 Å². The van der Waals surface area contributed by atoms with Crippen molar-refractivity contribution in [2.45, 2.75) is 44.8 Å². The van der Waals surface area contributed by atoms with Gasteiger partial charge in [0.1, 0.15) is 17.8 Å². The Morgan fingerprint density at radius 2 is 2.14 bits per heavy atom. The molecule has 15 nitrogen and oxygen atoms in total. The molecule has 1 fully saturated rings. The van der Waals surface area contributed by atoms with Crippen LogP contribution < -0.4 is 16.8 Å². The molecule has 0 amide bonds. The number of anilines is 1.